The van der Waals surface area contributed by atoms with Gasteiger partial charge in [-0.05, 0) is 36.4 Å². The number of carbonyl (C=O) groups is 1. The highest BCUT2D eigenvalue weighted by Crippen LogP contribution is 2.30. The van der Waals surface area contributed by atoms with Crippen LogP contribution in [-0.4, -0.2) is 38.9 Å². The van der Waals surface area contributed by atoms with E-state index in [1.54, 1.807) is 24.3 Å². The number of thiophene rings is 1. The van der Waals surface area contributed by atoms with E-state index in [0.29, 0.717) is 18.0 Å². The number of methoxy groups -OCH3 is 1. The zero-order valence-corrected chi connectivity index (χ0v) is 13.2. The number of fused-ring (bicyclic) bond motifs is 1. The third-order valence-electron chi connectivity index (χ3n) is 3.58. The minimum Gasteiger partial charge on any atom is -0.465 e. The number of sulfonamides is 1. The highest BCUT2D eigenvalue weighted by Gasteiger charge is 2.27. The third-order valence-corrected chi connectivity index (χ3v) is 6.55. The van der Waals surface area contributed by atoms with Crippen molar-refractivity contribution in [1.29, 1.82) is 0 Å². The lowest BCUT2D eigenvalue weighted by Gasteiger charge is -2.15. The molecule has 1 saturated heterocycles. The predicted octanol–water partition coefficient (Wildman–Crippen LogP) is 2.47. The maximum atomic E-state index is 12.5. The lowest BCUT2D eigenvalue weighted by atomic mass is 10.2. The van der Waals surface area contributed by atoms with E-state index in [1.807, 2.05) is 0 Å². The van der Waals surface area contributed by atoms with Gasteiger partial charge < -0.3 is 4.74 Å². The second kappa shape index (κ2) is 5.40. The highest BCUT2D eigenvalue weighted by molar-refractivity contribution is 7.89. The summed E-state index contributed by atoms with van der Waals surface area (Å²) in [6.45, 7) is 1.16. The topological polar surface area (TPSA) is 63.7 Å². The minimum absolute atomic E-state index is 0.287. The Bertz CT molecular complexity index is 788. The van der Waals surface area contributed by atoms with Gasteiger partial charge in [0.15, 0.2) is 0 Å². The van der Waals surface area contributed by atoms with Crippen molar-refractivity contribution in [1.82, 2.24) is 4.31 Å². The Balaban J connectivity index is 2.02. The number of ether oxygens (including phenoxy) is 1. The van der Waals surface area contributed by atoms with Crippen molar-refractivity contribution < 1.29 is 17.9 Å². The average molecular weight is 325 g/mol. The molecule has 0 unspecified atom stereocenters. The van der Waals surface area contributed by atoms with E-state index in [9.17, 15) is 13.2 Å². The summed E-state index contributed by atoms with van der Waals surface area (Å²) >= 11 is 1.25. The first-order valence-corrected chi connectivity index (χ1v) is 8.90. The first-order chi connectivity index (χ1) is 10.0. The monoisotopic (exact) mass is 325 g/mol. The van der Waals surface area contributed by atoms with E-state index in [0.717, 1.165) is 22.9 Å². The molecule has 7 heteroatoms. The van der Waals surface area contributed by atoms with Gasteiger partial charge in [0.1, 0.15) is 4.88 Å². The molecule has 5 nitrogen and oxygen atoms in total. The minimum atomic E-state index is -3.42. The van der Waals surface area contributed by atoms with Gasteiger partial charge in [-0.3, -0.25) is 0 Å². The summed E-state index contributed by atoms with van der Waals surface area (Å²) in [4.78, 5) is 12.3. The van der Waals surface area contributed by atoms with Gasteiger partial charge in [0.05, 0.1) is 12.0 Å². The molecule has 0 saturated carbocycles. The van der Waals surface area contributed by atoms with Crippen LogP contribution in [0, 0.1) is 0 Å². The van der Waals surface area contributed by atoms with Crippen molar-refractivity contribution in [2.45, 2.75) is 17.7 Å². The first-order valence-electron chi connectivity index (χ1n) is 6.64. The molecule has 0 N–H and O–H groups in total. The largest absolute Gasteiger partial charge is 0.465 e. The highest BCUT2D eigenvalue weighted by atomic mass is 32.2. The second-order valence-corrected chi connectivity index (χ2v) is 7.93. The summed E-state index contributed by atoms with van der Waals surface area (Å²) in [6, 6.07) is 6.70. The van der Waals surface area contributed by atoms with Crippen molar-refractivity contribution in [2.24, 2.45) is 0 Å². The fourth-order valence-electron chi connectivity index (χ4n) is 2.45. The van der Waals surface area contributed by atoms with Gasteiger partial charge >= 0.3 is 5.97 Å². The van der Waals surface area contributed by atoms with Gasteiger partial charge in [0.2, 0.25) is 10.0 Å². The lowest BCUT2D eigenvalue weighted by Crippen LogP contribution is -2.27. The van der Waals surface area contributed by atoms with Crippen LogP contribution in [-0.2, 0) is 14.8 Å². The molecule has 1 aromatic carbocycles. The second-order valence-electron chi connectivity index (χ2n) is 4.91. The molecule has 2 heterocycles. The van der Waals surface area contributed by atoms with Gasteiger partial charge in [-0.25, -0.2) is 13.2 Å². The molecule has 0 aliphatic carbocycles. The summed E-state index contributed by atoms with van der Waals surface area (Å²) in [5.74, 6) is -0.403. The van der Waals surface area contributed by atoms with Crippen LogP contribution in [0.1, 0.15) is 22.5 Å². The first kappa shape index (κ1) is 14.5. The molecule has 1 aliphatic heterocycles. The zero-order chi connectivity index (χ0) is 15.0. The van der Waals surface area contributed by atoms with Crippen molar-refractivity contribution in [3.8, 4) is 0 Å². The average Bonchev–Trinajstić information content (AvgIpc) is 3.14. The van der Waals surface area contributed by atoms with Crippen LogP contribution in [0.15, 0.2) is 29.2 Å². The molecule has 3 rings (SSSR count). The Morgan fingerprint density at radius 3 is 2.62 bits per heavy atom. The van der Waals surface area contributed by atoms with E-state index in [4.69, 9.17) is 0 Å². The SMILES string of the molecule is COC(=O)c1cc2ccc(S(=O)(=O)N3CCCC3)cc2s1. The van der Waals surface area contributed by atoms with Crippen LogP contribution in [0.25, 0.3) is 10.1 Å². The maximum Gasteiger partial charge on any atom is 0.348 e. The molecule has 0 atom stereocenters. The zero-order valence-electron chi connectivity index (χ0n) is 11.5. The molecule has 0 amide bonds. The van der Waals surface area contributed by atoms with Gasteiger partial charge in [0.25, 0.3) is 0 Å². The number of carbonyl (C=O) groups excluding carboxylic acids is 1. The van der Waals surface area contributed by atoms with Crippen molar-refractivity contribution in [3.05, 3.63) is 29.1 Å². The van der Waals surface area contributed by atoms with E-state index in [1.165, 1.54) is 22.8 Å². The third kappa shape index (κ3) is 2.56. The van der Waals surface area contributed by atoms with Crippen molar-refractivity contribution >= 4 is 37.4 Å². The number of benzene rings is 1. The van der Waals surface area contributed by atoms with Gasteiger partial charge in [-0.15, -0.1) is 11.3 Å². The van der Waals surface area contributed by atoms with Crippen molar-refractivity contribution in [2.75, 3.05) is 20.2 Å². The summed E-state index contributed by atoms with van der Waals surface area (Å²) in [5.41, 5.74) is 0. The Kier molecular flexibility index (Phi) is 3.73. The normalized spacial score (nSPS) is 16.4. The molecule has 1 aromatic heterocycles. The summed E-state index contributed by atoms with van der Waals surface area (Å²) in [6.07, 6.45) is 1.82. The van der Waals surface area contributed by atoms with E-state index >= 15 is 0 Å². The number of nitrogens with zero attached hydrogens (tertiary/aromatic N) is 1. The van der Waals surface area contributed by atoms with Crippen LogP contribution in [0.3, 0.4) is 0 Å². The Morgan fingerprint density at radius 2 is 1.95 bits per heavy atom. The van der Waals surface area contributed by atoms with Crippen LogP contribution in [0.2, 0.25) is 0 Å². The smallest absolute Gasteiger partial charge is 0.348 e. The summed E-state index contributed by atoms with van der Waals surface area (Å²) in [5, 5.41) is 0.848. The van der Waals surface area contributed by atoms with E-state index in [-0.39, 0.29) is 4.90 Å². The van der Waals surface area contributed by atoms with Gasteiger partial charge in [-0.1, -0.05) is 6.07 Å². The van der Waals surface area contributed by atoms with Crippen LogP contribution in [0.4, 0.5) is 0 Å². The quantitative estimate of drug-likeness (QED) is 0.813. The molecule has 1 fully saturated rings. The van der Waals surface area contributed by atoms with Crippen LogP contribution >= 0.6 is 11.3 Å². The van der Waals surface area contributed by atoms with E-state index in [2.05, 4.69) is 4.74 Å². The summed E-state index contributed by atoms with van der Waals surface area (Å²) < 4.78 is 32.0. The Morgan fingerprint density at radius 1 is 1.24 bits per heavy atom. The maximum absolute atomic E-state index is 12.5. The Labute approximate surface area is 127 Å². The Hall–Kier alpha value is -1.44. The number of rotatable bonds is 3. The summed E-state index contributed by atoms with van der Waals surface area (Å²) in [7, 11) is -2.09. The molecular formula is C14H15NO4S2. The predicted molar refractivity (Wildman–Crippen MR) is 81.2 cm³/mol. The van der Waals surface area contributed by atoms with E-state index < -0.39 is 16.0 Å². The van der Waals surface area contributed by atoms with Crippen LogP contribution in [0.5, 0.6) is 0 Å². The fraction of sp³-hybridized carbons (Fsp3) is 0.357. The lowest BCUT2D eigenvalue weighted by molar-refractivity contribution is 0.0606. The fourth-order valence-corrected chi connectivity index (χ4v) is 5.09. The molecular weight excluding hydrogens is 310 g/mol. The van der Waals surface area contributed by atoms with Crippen LogP contribution < -0.4 is 0 Å². The number of esters is 1. The number of hydrogen-bond donors (Lipinski definition) is 0. The molecule has 21 heavy (non-hydrogen) atoms. The molecule has 112 valence electrons. The molecule has 0 bridgehead atoms. The number of hydrogen-bond acceptors (Lipinski definition) is 5. The molecule has 1 aliphatic rings. The van der Waals surface area contributed by atoms with Gasteiger partial charge in [0, 0.05) is 17.8 Å². The standard InChI is InChI=1S/C14H15NO4S2/c1-19-14(16)13-8-10-4-5-11(9-12(10)20-13)21(17,18)15-6-2-3-7-15/h4-5,8-9H,2-3,6-7H2,1H3. The molecule has 2 aromatic rings. The van der Waals surface area contributed by atoms with Gasteiger partial charge in [-0.2, -0.15) is 4.31 Å². The molecule has 0 radical (unpaired) electrons. The van der Waals surface area contributed by atoms with Crippen molar-refractivity contribution in [3.63, 3.8) is 0 Å². The molecule has 0 spiro atoms.